The molecule has 7 heteroatoms. The lowest BCUT2D eigenvalue weighted by molar-refractivity contribution is 0.207. The van der Waals surface area contributed by atoms with E-state index >= 15 is 0 Å². The predicted octanol–water partition coefficient (Wildman–Crippen LogP) is 3.15. The van der Waals surface area contributed by atoms with Gasteiger partial charge in [-0.1, -0.05) is 0 Å². The summed E-state index contributed by atoms with van der Waals surface area (Å²) in [6.45, 7) is 0. The fraction of sp³-hybridized carbons (Fsp3) is 0.200. The van der Waals surface area contributed by atoms with E-state index in [0.29, 0.717) is 11.6 Å². The molecule has 0 amide bonds. The zero-order chi connectivity index (χ0) is 12.4. The highest BCUT2D eigenvalue weighted by Gasteiger charge is 2.21. The number of thiophene rings is 1. The van der Waals surface area contributed by atoms with Crippen molar-refractivity contribution in [2.75, 3.05) is 7.11 Å². The molecule has 0 fully saturated rings. The van der Waals surface area contributed by atoms with Gasteiger partial charge in [0, 0.05) is 18.0 Å². The van der Waals surface area contributed by atoms with Crippen LogP contribution in [0, 0.1) is 0 Å². The van der Waals surface area contributed by atoms with Gasteiger partial charge in [0.15, 0.2) is 0 Å². The molecule has 2 heterocycles. The zero-order valence-corrected chi connectivity index (χ0v) is 12.7. The fourth-order valence-corrected chi connectivity index (χ4v) is 4.25. The molecular weight excluding hydrogens is 372 g/mol. The molecule has 0 bridgehead atoms. The van der Waals surface area contributed by atoms with E-state index in [-0.39, 0.29) is 0 Å². The summed E-state index contributed by atoms with van der Waals surface area (Å²) in [7, 11) is 1.50. The molecule has 0 spiro atoms. The van der Waals surface area contributed by atoms with Gasteiger partial charge in [0.2, 0.25) is 5.88 Å². The van der Waals surface area contributed by atoms with Gasteiger partial charge < -0.3 is 9.84 Å². The van der Waals surface area contributed by atoms with Gasteiger partial charge >= 0.3 is 0 Å². The van der Waals surface area contributed by atoms with E-state index in [1.165, 1.54) is 30.8 Å². The Kier molecular flexibility index (Phi) is 4.13. The minimum atomic E-state index is -0.865. The van der Waals surface area contributed by atoms with Gasteiger partial charge in [-0.05, 0) is 37.9 Å². The van der Waals surface area contributed by atoms with Crippen LogP contribution >= 0.6 is 43.2 Å². The molecule has 1 unspecified atom stereocenters. The van der Waals surface area contributed by atoms with Crippen LogP contribution in [0.3, 0.4) is 0 Å². The van der Waals surface area contributed by atoms with Crippen molar-refractivity contribution in [1.82, 2.24) is 9.97 Å². The van der Waals surface area contributed by atoms with Crippen LogP contribution < -0.4 is 4.74 Å². The summed E-state index contributed by atoms with van der Waals surface area (Å²) >= 11 is 8.26. The van der Waals surface area contributed by atoms with Gasteiger partial charge in [0.05, 0.1) is 14.7 Å². The minimum Gasteiger partial charge on any atom is -0.480 e. The standard InChI is InChI=1S/C10H8Br2N2O2S/c1-16-10-7(13-2-3-14-10)8(15)5-4-6(11)17-9(5)12/h2-4,8,15H,1H3. The molecule has 1 atom stereocenters. The van der Waals surface area contributed by atoms with Gasteiger partial charge in [0.1, 0.15) is 11.8 Å². The number of nitrogens with zero attached hydrogens (tertiary/aromatic N) is 2. The second-order valence-electron chi connectivity index (χ2n) is 3.13. The normalized spacial score (nSPS) is 12.5. The van der Waals surface area contributed by atoms with Crippen LogP contribution in [0.15, 0.2) is 26.0 Å². The second kappa shape index (κ2) is 5.43. The van der Waals surface area contributed by atoms with Crippen LogP contribution in [0.5, 0.6) is 5.88 Å². The highest BCUT2D eigenvalue weighted by atomic mass is 79.9. The molecule has 0 saturated carbocycles. The minimum absolute atomic E-state index is 0.328. The summed E-state index contributed by atoms with van der Waals surface area (Å²) in [5.41, 5.74) is 1.14. The number of ether oxygens (including phenoxy) is 1. The number of aliphatic hydroxyl groups excluding tert-OH is 1. The molecule has 2 aromatic rings. The first-order valence-electron chi connectivity index (χ1n) is 4.61. The number of rotatable bonds is 3. The van der Waals surface area contributed by atoms with Crippen molar-refractivity contribution in [3.63, 3.8) is 0 Å². The Morgan fingerprint density at radius 2 is 2.06 bits per heavy atom. The summed E-state index contributed by atoms with van der Waals surface area (Å²) in [5, 5.41) is 10.3. The molecule has 0 aromatic carbocycles. The number of halogens is 2. The van der Waals surface area contributed by atoms with Crippen molar-refractivity contribution in [2.45, 2.75) is 6.10 Å². The number of hydrogen-bond acceptors (Lipinski definition) is 5. The third-order valence-electron chi connectivity index (χ3n) is 2.12. The quantitative estimate of drug-likeness (QED) is 0.889. The summed E-state index contributed by atoms with van der Waals surface area (Å²) < 4.78 is 6.86. The Hall–Kier alpha value is -0.500. The summed E-state index contributed by atoms with van der Waals surface area (Å²) in [6, 6.07) is 1.84. The van der Waals surface area contributed by atoms with Crippen molar-refractivity contribution in [3.8, 4) is 5.88 Å². The van der Waals surface area contributed by atoms with Crippen molar-refractivity contribution in [3.05, 3.63) is 37.3 Å². The number of hydrogen-bond donors (Lipinski definition) is 1. The number of aromatic nitrogens is 2. The van der Waals surface area contributed by atoms with Crippen molar-refractivity contribution < 1.29 is 9.84 Å². The summed E-state index contributed by atoms with van der Waals surface area (Å²) in [6.07, 6.45) is 2.18. The highest BCUT2D eigenvalue weighted by molar-refractivity contribution is 9.12. The topological polar surface area (TPSA) is 55.2 Å². The van der Waals surface area contributed by atoms with E-state index < -0.39 is 6.10 Å². The average molecular weight is 380 g/mol. The van der Waals surface area contributed by atoms with Crippen molar-refractivity contribution in [1.29, 1.82) is 0 Å². The largest absolute Gasteiger partial charge is 0.480 e. The first-order chi connectivity index (χ1) is 8.13. The van der Waals surface area contributed by atoms with Crippen LogP contribution in [0.4, 0.5) is 0 Å². The van der Waals surface area contributed by atoms with E-state index in [9.17, 15) is 5.11 Å². The fourth-order valence-electron chi connectivity index (χ4n) is 1.37. The van der Waals surface area contributed by atoms with Gasteiger partial charge in [-0.15, -0.1) is 11.3 Å². The Balaban J connectivity index is 2.43. The Labute approximate surface area is 119 Å². The molecule has 90 valence electrons. The van der Waals surface area contributed by atoms with E-state index in [1.807, 2.05) is 6.07 Å². The Bertz CT molecular complexity index is 533. The molecule has 2 rings (SSSR count). The lowest BCUT2D eigenvalue weighted by Crippen LogP contribution is -2.05. The molecule has 0 saturated heterocycles. The number of methoxy groups -OCH3 is 1. The van der Waals surface area contributed by atoms with Gasteiger partial charge in [-0.3, -0.25) is 4.98 Å². The molecule has 0 aliphatic heterocycles. The molecule has 2 aromatic heterocycles. The van der Waals surface area contributed by atoms with Gasteiger partial charge in [-0.25, -0.2) is 4.98 Å². The Morgan fingerprint density at radius 1 is 1.35 bits per heavy atom. The van der Waals surface area contributed by atoms with E-state index in [2.05, 4.69) is 41.8 Å². The van der Waals surface area contributed by atoms with E-state index in [0.717, 1.165) is 13.1 Å². The van der Waals surface area contributed by atoms with Gasteiger partial charge in [0.25, 0.3) is 0 Å². The molecule has 17 heavy (non-hydrogen) atoms. The molecule has 0 aliphatic rings. The summed E-state index contributed by atoms with van der Waals surface area (Å²) in [5.74, 6) is 0.328. The Morgan fingerprint density at radius 3 is 2.65 bits per heavy atom. The maximum atomic E-state index is 10.3. The van der Waals surface area contributed by atoms with Crippen LogP contribution in [0.1, 0.15) is 17.4 Å². The second-order valence-corrected chi connectivity index (χ2v) is 6.88. The first-order valence-corrected chi connectivity index (χ1v) is 7.01. The maximum Gasteiger partial charge on any atom is 0.238 e. The maximum absolute atomic E-state index is 10.3. The number of aliphatic hydroxyl groups is 1. The summed E-state index contributed by atoms with van der Waals surface area (Å²) in [4.78, 5) is 8.12. The molecule has 4 nitrogen and oxygen atoms in total. The van der Waals surface area contributed by atoms with Crippen molar-refractivity contribution >= 4 is 43.2 Å². The average Bonchev–Trinajstić information content (AvgIpc) is 2.67. The molecule has 1 N–H and O–H groups in total. The van der Waals surface area contributed by atoms with Crippen LogP contribution in [-0.4, -0.2) is 22.2 Å². The van der Waals surface area contributed by atoms with Crippen LogP contribution in [0.25, 0.3) is 0 Å². The molecule has 0 radical (unpaired) electrons. The highest BCUT2D eigenvalue weighted by Crippen LogP contribution is 2.38. The van der Waals surface area contributed by atoms with Crippen molar-refractivity contribution in [2.24, 2.45) is 0 Å². The monoisotopic (exact) mass is 378 g/mol. The lowest BCUT2D eigenvalue weighted by atomic mass is 10.1. The zero-order valence-electron chi connectivity index (χ0n) is 8.72. The lowest BCUT2D eigenvalue weighted by Gasteiger charge is -2.11. The smallest absolute Gasteiger partial charge is 0.238 e. The van der Waals surface area contributed by atoms with E-state index in [4.69, 9.17) is 4.74 Å². The van der Waals surface area contributed by atoms with Crippen LogP contribution in [-0.2, 0) is 0 Å². The third kappa shape index (κ3) is 2.67. The van der Waals surface area contributed by atoms with E-state index in [1.54, 1.807) is 0 Å². The van der Waals surface area contributed by atoms with Gasteiger partial charge in [-0.2, -0.15) is 0 Å². The van der Waals surface area contributed by atoms with Crippen LogP contribution in [0.2, 0.25) is 0 Å². The third-order valence-corrected chi connectivity index (χ3v) is 4.51. The molecular formula is C10H8Br2N2O2S. The SMILES string of the molecule is COc1nccnc1C(O)c1cc(Br)sc1Br. The first kappa shape index (κ1) is 12.9. The molecule has 0 aliphatic carbocycles. The predicted molar refractivity (Wildman–Crippen MR) is 72.4 cm³/mol.